The SMILES string of the molecule is CC1(C)C(c2ccccc2)=CC=CC1(COc1cc(OCc2cncc(C#N)c2)c(CNC(CO)(CO)CO)cc1Cl)OCCCN1CCC(F)(F)C1. The van der Waals surface area contributed by atoms with Crippen LogP contribution in [0.5, 0.6) is 11.5 Å². The molecule has 10 nitrogen and oxygen atoms in total. The molecule has 13 heteroatoms. The number of ether oxygens (including phenoxy) is 3. The van der Waals surface area contributed by atoms with Gasteiger partial charge in [0, 0.05) is 67.7 Å². The summed E-state index contributed by atoms with van der Waals surface area (Å²) in [7, 11) is 0. The van der Waals surface area contributed by atoms with Crippen LogP contribution >= 0.6 is 11.6 Å². The van der Waals surface area contributed by atoms with Crippen LogP contribution < -0.4 is 14.8 Å². The molecular weight excluding hydrogens is 706 g/mol. The summed E-state index contributed by atoms with van der Waals surface area (Å²) in [5.74, 6) is -2.00. The summed E-state index contributed by atoms with van der Waals surface area (Å²) in [5.41, 5.74) is 0.660. The number of halogens is 3. The Balaban J connectivity index is 1.42. The zero-order valence-electron chi connectivity index (χ0n) is 30.0. The van der Waals surface area contributed by atoms with Gasteiger partial charge in [-0.2, -0.15) is 5.26 Å². The van der Waals surface area contributed by atoms with Crippen LogP contribution in [0.3, 0.4) is 0 Å². The maximum atomic E-state index is 13.8. The number of pyridine rings is 1. The predicted molar refractivity (Wildman–Crippen MR) is 198 cm³/mol. The molecule has 2 heterocycles. The van der Waals surface area contributed by atoms with E-state index in [1.54, 1.807) is 29.3 Å². The van der Waals surface area contributed by atoms with Crippen LogP contribution in [0.4, 0.5) is 8.78 Å². The summed E-state index contributed by atoms with van der Waals surface area (Å²) in [6.45, 7) is 3.65. The van der Waals surface area contributed by atoms with Crippen LogP contribution in [0.15, 0.2) is 79.2 Å². The van der Waals surface area contributed by atoms with Gasteiger partial charge in [0.25, 0.3) is 5.92 Å². The van der Waals surface area contributed by atoms with E-state index in [-0.39, 0.29) is 37.7 Å². The van der Waals surface area contributed by atoms with Gasteiger partial charge in [0.2, 0.25) is 0 Å². The van der Waals surface area contributed by atoms with Crippen molar-refractivity contribution in [1.82, 2.24) is 15.2 Å². The van der Waals surface area contributed by atoms with Crippen molar-refractivity contribution in [2.24, 2.45) is 5.41 Å². The molecule has 4 N–H and O–H groups in total. The van der Waals surface area contributed by atoms with E-state index in [4.69, 9.17) is 25.8 Å². The number of benzene rings is 2. The molecule has 0 spiro atoms. The quantitative estimate of drug-likeness (QED) is 0.123. The highest BCUT2D eigenvalue weighted by molar-refractivity contribution is 6.32. The normalized spacial score (nSPS) is 19.5. The molecule has 3 aromatic rings. The van der Waals surface area contributed by atoms with E-state index in [2.05, 4.69) is 36.3 Å². The highest BCUT2D eigenvalue weighted by Crippen LogP contribution is 2.49. The van der Waals surface area contributed by atoms with Gasteiger partial charge in [-0.3, -0.25) is 9.88 Å². The molecule has 0 bridgehead atoms. The number of hydrogen-bond acceptors (Lipinski definition) is 10. The number of hydrogen-bond donors (Lipinski definition) is 4. The Bertz CT molecular complexity index is 1790. The van der Waals surface area contributed by atoms with Crippen molar-refractivity contribution in [3.05, 3.63) is 106 Å². The number of allylic oxidation sites excluding steroid dienone is 2. The Morgan fingerprint density at radius 3 is 2.47 bits per heavy atom. The lowest BCUT2D eigenvalue weighted by Gasteiger charge is -2.47. The molecule has 2 aliphatic rings. The highest BCUT2D eigenvalue weighted by atomic mass is 35.5. The zero-order chi connectivity index (χ0) is 38.1. The summed E-state index contributed by atoms with van der Waals surface area (Å²) in [5, 5.41) is 42.3. The molecule has 0 amide bonds. The summed E-state index contributed by atoms with van der Waals surface area (Å²) in [6.07, 6.45) is 9.43. The van der Waals surface area contributed by atoms with Crippen LogP contribution in [0.1, 0.15) is 48.9 Å². The number of aromatic nitrogens is 1. The van der Waals surface area contributed by atoms with E-state index in [1.807, 2.05) is 42.5 Å². The van der Waals surface area contributed by atoms with Gasteiger partial charge in [-0.25, -0.2) is 8.78 Å². The second kappa shape index (κ2) is 17.5. The first-order valence-corrected chi connectivity index (χ1v) is 18.0. The van der Waals surface area contributed by atoms with Crippen molar-refractivity contribution in [2.45, 2.75) is 56.9 Å². The van der Waals surface area contributed by atoms with Crippen LogP contribution in [0, 0.1) is 16.7 Å². The minimum Gasteiger partial charge on any atom is -0.488 e. The van der Waals surface area contributed by atoms with Gasteiger partial charge < -0.3 is 34.8 Å². The van der Waals surface area contributed by atoms with E-state index in [0.29, 0.717) is 54.3 Å². The largest absolute Gasteiger partial charge is 0.488 e. The maximum Gasteiger partial charge on any atom is 0.261 e. The lowest BCUT2D eigenvalue weighted by atomic mass is 9.65. The van der Waals surface area contributed by atoms with Crippen molar-refractivity contribution in [3.63, 3.8) is 0 Å². The van der Waals surface area contributed by atoms with Gasteiger partial charge >= 0.3 is 0 Å². The molecule has 53 heavy (non-hydrogen) atoms. The van der Waals surface area contributed by atoms with E-state index < -0.39 is 42.3 Å². The van der Waals surface area contributed by atoms with E-state index >= 15 is 0 Å². The fraction of sp³-hybridized carbons (Fsp3) is 0.450. The number of likely N-dealkylation sites (tertiary alicyclic amines) is 1. The Kier molecular flexibility index (Phi) is 13.3. The van der Waals surface area contributed by atoms with Gasteiger partial charge in [0.05, 0.1) is 42.5 Å². The number of nitrogens with one attached hydrogen (secondary N) is 1. The molecule has 1 aliphatic heterocycles. The van der Waals surface area contributed by atoms with Crippen LogP contribution in [0.2, 0.25) is 5.02 Å². The van der Waals surface area contributed by atoms with Gasteiger partial charge in [0.1, 0.15) is 36.4 Å². The standard InChI is InChI=1S/C40H47ClF2N4O6/c1-37(2)33(31-8-4-3-5-9-31)10-6-11-39(37,53-15-7-13-47-14-12-40(42,43)24-47)28-52-36-18-35(51-23-30-16-29(19-44)20-45-21-30)32(17-34(36)41)22-46-38(25-48,26-49)27-50/h3-6,8-11,16-18,20-21,46,48-50H,7,12-15,22-28H2,1-2H3. The lowest BCUT2D eigenvalue weighted by Crippen LogP contribution is -2.54. The van der Waals surface area contributed by atoms with E-state index in [0.717, 1.165) is 11.1 Å². The van der Waals surface area contributed by atoms with E-state index in [1.165, 1.54) is 6.20 Å². The average Bonchev–Trinajstić information content (AvgIpc) is 3.52. The second-order valence-corrected chi connectivity index (χ2v) is 14.6. The molecule has 1 unspecified atom stereocenters. The van der Waals surface area contributed by atoms with Crippen LogP contribution in [0.25, 0.3) is 5.57 Å². The summed E-state index contributed by atoms with van der Waals surface area (Å²) in [6, 6.07) is 17.0. The van der Waals surface area contributed by atoms with Crippen molar-refractivity contribution < 1.29 is 38.3 Å². The number of rotatable bonds is 18. The molecule has 5 rings (SSSR count). The highest BCUT2D eigenvalue weighted by Gasteiger charge is 2.49. The topological polar surface area (TPSA) is 140 Å². The first kappa shape index (κ1) is 40.3. The summed E-state index contributed by atoms with van der Waals surface area (Å²) >= 11 is 6.85. The van der Waals surface area contributed by atoms with Crippen LogP contribution in [-0.2, 0) is 17.9 Å². The molecule has 1 atom stereocenters. The number of aliphatic hydroxyl groups is 3. The second-order valence-electron chi connectivity index (χ2n) is 14.2. The van der Waals surface area contributed by atoms with Gasteiger partial charge in [-0.1, -0.05) is 67.9 Å². The molecule has 1 aromatic heterocycles. The molecule has 0 radical (unpaired) electrons. The first-order chi connectivity index (χ1) is 25.4. The van der Waals surface area contributed by atoms with Gasteiger partial charge in [-0.05, 0) is 35.8 Å². The molecule has 1 fully saturated rings. The van der Waals surface area contributed by atoms with Gasteiger partial charge in [-0.15, -0.1) is 0 Å². The van der Waals surface area contributed by atoms with Crippen LogP contribution in [-0.4, -0.2) is 94.9 Å². The van der Waals surface area contributed by atoms with Crippen molar-refractivity contribution in [3.8, 4) is 17.6 Å². The molecule has 284 valence electrons. The number of nitriles is 1. The molecule has 2 aromatic carbocycles. The number of alkyl halides is 2. The van der Waals surface area contributed by atoms with Crippen molar-refractivity contribution in [2.75, 3.05) is 52.7 Å². The Hall–Kier alpha value is -3.93. The monoisotopic (exact) mass is 752 g/mol. The van der Waals surface area contributed by atoms with Crippen molar-refractivity contribution >= 4 is 17.2 Å². The summed E-state index contributed by atoms with van der Waals surface area (Å²) < 4.78 is 47.2. The number of nitrogens with zero attached hydrogens (tertiary/aromatic N) is 3. The Morgan fingerprint density at radius 1 is 1.04 bits per heavy atom. The maximum absolute atomic E-state index is 13.8. The minimum atomic E-state index is -2.66. The molecular formula is C40H47ClF2N4O6. The smallest absolute Gasteiger partial charge is 0.261 e. The zero-order valence-corrected chi connectivity index (χ0v) is 30.8. The fourth-order valence-electron chi connectivity index (χ4n) is 6.59. The minimum absolute atomic E-state index is 0.0377. The average molecular weight is 753 g/mol. The molecule has 1 saturated heterocycles. The third-order valence-corrected chi connectivity index (χ3v) is 10.4. The van der Waals surface area contributed by atoms with Gasteiger partial charge in [0.15, 0.2) is 0 Å². The first-order valence-electron chi connectivity index (χ1n) is 17.6. The predicted octanol–water partition coefficient (Wildman–Crippen LogP) is 5.54. The Labute approximate surface area is 314 Å². The number of aliphatic hydroxyl groups excluding tert-OH is 3. The fourth-order valence-corrected chi connectivity index (χ4v) is 6.83. The Morgan fingerprint density at radius 2 is 1.79 bits per heavy atom. The van der Waals surface area contributed by atoms with E-state index in [9.17, 15) is 29.4 Å². The third-order valence-electron chi connectivity index (χ3n) is 10.1. The third kappa shape index (κ3) is 9.60. The molecule has 1 aliphatic carbocycles. The molecule has 0 saturated carbocycles. The summed E-state index contributed by atoms with van der Waals surface area (Å²) in [4.78, 5) is 5.87. The lowest BCUT2D eigenvalue weighted by molar-refractivity contribution is -0.0929. The van der Waals surface area contributed by atoms with Crippen molar-refractivity contribution in [1.29, 1.82) is 5.26 Å².